The molecule has 2 aliphatic heterocycles. The molecule has 0 bridgehead atoms. The van der Waals surface area contributed by atoms with Gasteiger partial charge in [0, 0.05) is 28.4 Å². The average molecular weight is 385 g/mol. The summed E-state index contributed by atoms with van der Waals surface area (Å²) in [6.45, 7) is 3.72. The van der Waals surface area contributed by atoms with Gasteiger partial charge in [-0.05, 0) is 66.1 Å². The zero-order valence-electron chi connectivity index (χ0n) is 11.4. The van der Waals surface area contributed by atoms with E-state index in [2.05, 4.69) is 38.1 Å². The largest absolute Gasteiger partial charge is 0.325 e. The van der Waals surface area contributed by atoms with Gasteiger partial charge in [-0.25, -0.2) is 0 Å². The first-order chi connectivity index (χ1) is 9.70. The maximum atomic E-state index is 12.1. The van der Waals surface area contributed by atoms with Gasteiger partial charge < -0.3 is 10.6 Å². The molecule has 0 radical (unpaired) electrons. The Labute approximate surface area is 133 Å². The molecule has 0 spiro atoms. The van der Waals surface area contributed by atoms with Crippen LogP contribution in [0.25, 0.3) is 0 Å². The first-order valence-corrected chi connectivity index (χ1v) is 8.30. The molecule has 0 saturated carbocycles. The van der Waals surface area contributed by atoms with E-state index in [0.29, 0.717) is 12.6 Å². The number of benzene rings is 1. The highest BCUT2D eigenvalue weighted by molar-refractivity contribution is 14.1. The third-order valence-corrected chi connectivity index (χ3v) is 4.89. The van der Waals surface area contributed by atoms with Crippen molar-refractivity contribution >= 4 is 34.2 Å². The van der Waals surface area contributed by atoms with Crippen molar-refractivity contribution < 1.29 is 4.79 Å². The summed E-state index contributed by atoms with van der Waals surface area (Å²) >= 11 is 2.26. The first kappa shape index (κ1) is 14.3. The van der Waals surface area contributed by atoms with Crippen LogP contribution in [0.5, 0.6) is 0 Å². The third kappa shape index (κ3) is 3.51. The number of halogens is 1. The summed E-state index contributed by atoms with van der Waals surface area (Å²) in [6, 6.07) is 8.60. The van der Waals surface area contributed by atoms with Crippen molar-refractivity contribution in [1.82, 2.24) is 10.2 Å². The number of carbonyl (C=O) groups excluding carboxylic acids is 1. The van der Waals surface area contributed by atoms with Crippen molar-refractivity contribution in [1.29, 1.82) is 0 Å². The number of hydrogen-bond acceptors (Lipinski definition) is 3. The second-order valence-corrected chi connectivity index (χ2v) is 6.94. The zero-order valence-corrected chi connectivity index (χ0v) is 13.6. The van der Waals surface area contributed by atoms with Gasteiger partial charge in [-0.3, -0.25) is 9.69 Å². The summed E-state index contributed by atoms with van der Waals surface area (Å²) in [4.78, 5) is 14.4. The number of nitrogens with zero attached hydrogens (tertiary/aromatic N) is 1. The number of nitrogens with one attached hydrogen (secondary N) is 2. The monoisotopic (exact) mass is 385 g/mol. The van der Waals surface area contributed by atoms with Gasteiger partial charge in [-0.2, -0.15) is 0 Å². The topological polar surface area (TPSA) is 44.4 Å². The molecule has 1 aromatic carbocycles. The van der Waals surface area contributed by atoms with E-state index in [0.717, 1.165) is 34.8 Å². The van der Waals surface area contributed by atoms with Crippen molar-refractivity contribution in [3.63, 3.8) is 0 Å². The van der Waals surface area contributed by atoms with Crippen LogP contribution in [0.1, 0.15) is 12.8 Å². The maximum Gasteiger partial charge on any atom is 0.238 e. The molecule has 3 rings (SSSR count). The Morgan fingerprint density at radius 2 is 2.35 bits per heavy atom. The number of rotatable bonds is 3. The highest BCUT2D eigenvalue weighted by Crippen LogP contribution is 2.24. The Bertz CT molecular complexity index is 494. The van der Waals surface area contributed by atoms with E-state index < -0.39 is 0 Å². The fourth-order valence-corrected chi connectivity index (χ4v) is 3.78. The maximum absolute atomic E-state index is 12.1. The number of piperidine rings is 1. The van der Waals surface area contributed by atoms with Crippen LogP contribution in [-0.2, 0) is 4.79 Å². The number of fused-ring (bicyclic) bond motifs is 1. The van der Waals surface area contributed by atoms with E-state index in [9.17, 15) is 4.79 Å². The lowest BCUT2D eigenvalue weighted by molar-refractivity contribution is -0.117. The SMILES string of the molecule is O=C(CN1CCC2NCCC2C1)Nc1cccc(I)c1. The van der Waals surface area contributed by atoms with Crippen molar-refractivity contribution in [3.8, 4) is 0 Å². The molecular formula is C15H20IN3O. The molecule has 0 aliphatic carbocycles. The Kier molecular flexibility index (Phi) is 4.58. The Balaban J connectivity index is 1.51. The Hall–Kier alpha value is -0.660. The third-order valence-electron chi connectivity index (χ3n) is 4.22. The van der Waals surface area contributed by atoms with Crippen LogP contribution in [0.2, 0.25) is 0 Å². The minimum absolute atomic E-state index is 0.0939. The standard InChI is InChI=1S/C15H20IN3O/c16-12-2-1-3-13(8-12)18-15(20)10-19-7-5-14-11(9-19)4-6-17-14/h1-3,8,11,14,17H,4-7,9-10H2,(H,18,20). The Morgan fingerprint density at radius 3 is 3.20 bits per heavy atom. The molecule has 2 N–H and O–H groups in total. The Morgan fingerprint density at radius 1 is 1.45 bits per heavy atom. The lowest BCUT2D eigenvalue weighted by atomic mass is 9.93. The number of amides is 1. The molecule has 4 nitrogen and oxygen atoms in total. The normalized spacial score (nSPS) is 26.2. The van der Waals surface area contributed by atoms with Crippen LogP contribution in [0.4, 0.5) is 5.69 Å². The van der Waals surface area contributed by atoms with E-state index >= 15 is 0 Å². The number of likely N-dealkylation sites (tertiary alicyclic amines) is 1. The van der Waals surface area contributed by atoms with Crippen LogP contribution in [0.15, 0.2) is 24.3 Å². The average Bonchev–Trinajstić information content (AvgIpc) is 2.86. The summed E-state index contributed by atoms with van der Waals surface area (Å²) in [5.41, 5.74) is 0.888. The number of hydrogen-bond donors (Lipinski definition) is 2. The predicted molar refractivity (Wildman–Crippen MR) is 88.7 cm³/mol. The number of carbonyl (C=O) groups is 1. The molecule has 5 heteroatoms. The molecule has 108 valence electrons. The predicted octanol–water partition coefficient (Wildman–Crippen LogP) is 1.91. The summed E-state index contributed by atoms with van der Waals surface area (Å²) in [6.07, 6.45) is 2.42. The van der Waals surface area contributed by atoms with Gasteiger partial charge in [0.05, 0.1) is 6.54 Å². The minimum Gasteiger partial charge on any atom is -0.325 e. The van der Waals surface area contributed by atoms with E-state index in [-0.39, 0.29) is 5.91 Å². The molecule has 2 saturated heterocycles. The fraction of sp³-hybridized carbons (Fsp3) is 0.533. The summed E-state index contributed by atoms with van der Waals surface area (Å²) < 4.78 is 1.14. The highest BCUT2D eigenvalue weighted by atomic mass is 127. The smallest absolute Gasteiger partial charge is 0.238 e. The quantitative estimate of drug-likeness (QED) is 0.782. The van der Waals surface area contributed by atoms with Gasteiger partial charge in [0.1, 0.15) is 0 Å². The molecule has 2 atom stereocenters. The fourth-order valence-electron chi connectivity index (χ4n) is 3.24. The van der Waals surface area contributed by atoms with Gasteiger partial charge in [0.2, 0.25) is 5.91 Å². The van der Waals surface area contributed by atoms with E-state index in [1.165, 1.54) is 12.8 Å². The molecule has 1 amide bonds. The second-order valence-electron chi connectivity index (χ2n) is 5.69. The lowest BCUT2D eigenvalue weighted by Crippen LogP contribution is -2.46. The second kappa shape index (κ2) is 6.41. The summed E-state index contributed by atoms with van der Waals surface area (Å²) in [5, 5.41) is 6.54. The van der Waals surface area contributed by atoms with Gasteiger partial charge in [-0.15, -0.1) is 0 Å². The molecule has 0 aromatic heterocycles. The van der Waals surface area contributed by atoms with Crippen molar-refractivity contribution in [2.24, 2.45) is 5.92 Å². The lowest BCUT2D eigenvalue weighted by Gasteiger charge is -2.34. The molecule has 2 unspecified atom stereocenters. The van der Waals surface area contributed by atoms with Crippen LogP contribution in [-0.4, -0.2) is 43.0 Å². The van der Waals surface area contributed by atoms with Crippen LogP contribution in [0.3, 0.4) is 0 Å². The summed E-state index contributed by atoms with van der Waals surface area (Å²) in [5.74, 6) is 0.825. The van der Waals surface area contributed by atoms with E-state index in [4.69, 9.17) is 0 Å². The van der Waals surface area contributed by atoms with Crippen molar-refractivity contribution in [2.45, 2.75) is 18.9 Å². The van der Waals surface area contributed by atoms with Crippen molar-refractivity contribution in [2.75, 3.05) is 31.5 Å². The summed E-state index contributed by atoms with van der Waals surface area (Å²) in [7, 11) is 0. The zero-order chi connectivity index (χ0) is 13.9. The molecule has 20 heavy (non-hydrogen) atoms. The molecule has 2 fully saturated rings. The van der Waals surface area contributed by atoms with Gasteiger partial charge in [0.15, 0.2) is 0 Å². The molecular weight excluding hydrogens is 365 g/mol. The van der Waals surface area contributed by atoms with Crippen LogP contribution >= 0.6 is 22.6 Å². The minimum atomic E-state index is 0.0939. The van der Waals surface area contributed by atoms with Crippen molar-refractivity contribution in [3.05, 3.63) is 27.8 Å². The molecule has 2 heterocycles. The molecule has 1 aromatic rings. The van der Waals surface area contributed by atoms with E-state index in [1.807, 2.05) is 24.3 Å². The van der Waals surface area contributed by atoms with Gasteiger partial charge >= 0.3 is 0 Å². The first-order valence-electron chi connectivity index (χ1n) is 7.22. The van der Waals surface area contributed by atoms with Gasteiger partial charge in [0.25, 0.3) is 0 Å². The van der Waals surface area contributed by atoms with Crippen LogP contribution in [0, 0.1) is 9.49 Å². The van der Waals surface area contributed by atoms with Gasteiger partial charge in [-0.1, -0.05) is 6.07 Å². The van der Waals surface area contributed by atoms with E-state index in [1.54, 1.807) is 0 Å². The number of anilines is 1. The highest BCUT2D eigenvalue weighted by Gasteiger charge is 2.32. The van der Waals surface area contributed by atoms with Crippen LogP contribution < -0.4 is 10.6 Å². The molecule has 2 aliphatic rings.